The van der Waals surface area contributed by atoms with E-state index >= 15 is 0 Å². The van der Waals surface area contributed by atoms with Crippen LogP contribution in [0.3, 0.4) is 0 Å². The van der Waals surface area contributed by atoms with Gasteiger partial charge in [-0.15, -0.1) is 0 Å². The predicted molar refractivity (Wildman–Crippen MR) is 63.4 cm³/mol. The number of Topliss-reactive ketones (excluding diaryl/α,β-unsaturated/α-hetero) is 1. The van der Waals surface area contributed by atoms with E-state index in [4.69, 9.17) is 0 Å². The monoisotopic (exact) mass is 229 g/mol. The lowest BCUT2D eigenvalue weighted by molar-refractivity contribution is 0.0988. The minimum atomic E-state index is -0.482. The first kappa shape index (κ1) is 11.5. The van der Waals surface area contributed by atoms with Crippen LogP contribution in [0.1, 0.15) is 21.6 Å². The highest BCUT2D eigenvalue weighted by molar-refractivity contribution is 5.97. The van der Waals surface area contributed by atoms with Crippen LogP contribution in [0.4, 0.5) is 4.39 Å². The lowest BCUT2D eigenvalue weighted by Gasteiger charge is -2.02. The molecule has 0 aliphatic carbocycles. The summed E-state index contributed by atoms with van der Waals surface area (Å²) in [6.45, 7) is 1.93. The highest BCUT2D eigenvalue weighted by Crippen LogP contribution is 2.10. The summed E-state index contributed by atoms with van der Waals surface area (Å²) in [5.74, 6) is -0.732. The van der Waals surface area contributed by atoms with E-state index in [1.54, 1.807) is 24.4 Å². The summed E-state index contributed by atoms with van der Waals surface area (Å²) < 4.78 is 13.4. The van der Waals surface area contributed by atoms with Crippen molar-refractivity contribution in [2.24, 2.45) is 0 Å². The van der Waals surface area contributed by atoms with Crippen LogP contribution in [0.5, 0.6) is 0 Å². The first-order valence-corrected chi connectivity index (χ1v) is 5.36. The molecule has 0 atom stereocenters. The molecular weight excluding hydrogens is 217 g/mol. The van der Waals surface area contributed by atoms with Crippen LogP contribution in [0.25, 0.3) is 0 Å². The van der Waals surface area contributed by atoms with Gasteiger partial charge in [0.05, 0.1) is 12.0 Å². The van der Waals surface area contributed by atoms with Gasteiger partial charge >= 0.3 is 0 Å². The number of halogens is 1. The second-order valence-electron chi connectivity index (χ2n) is 3.91. The lowest BCUT2D eigenvalue weighted by Crippen LogP contribution is -2.07. The number of benzene rings is 1. The SMILES string of the molecule is Cc1ccc(CC(=O)c2ccccc2F)nc1. The van der Waals surface area contributed by atoms with Gasteiger partial charge in [0, 0.05) is 11.9 Å². The molecule has 3 heteroatoms. The predicted octanol–water partition coefficient (Wildman–Crippen LogP) is 2.95. The van der Waals surface area contributed by atoms with E-state index in [1.165, 1.54) is 12.1 Å². The Hall–Kier alpha value is -2.03. The maximum Gasteiger partial charge on any atom is 0.171 e. The molecular formula is C14H12FNO. The third-order valence-corrected chi connectivity index (χ3v) is 2.49. The van der Waals surface area contributed by atoms with E-state index < -0.39 is 5.82 Å². The first-order chi connectivity index (χ1) is 8.16. The third kappa shape index (κ3) is 2.75. The number of aryl methyl sites for hydroxylation is 1. The molecule has 0 saturated heterocycles. The Morgan fingerprint density at radius 2 is 2.00 bits per heavy atom. The number of carbonyl (C=O) groups is 1. The number of hydrogen-bond acceptors (Lipinski definition) is 2. The number of ketones is 1. The molecule has 0 unspecified atom stereocenters. The van der Waals surface area contributed by atoms with Crippen LogP contribution in [0.2, 0.25) is 0 Å². The van der Waals surface area contributed by atoms with E-state index in [9.17, 15) is 9.18 Å². The second-order valence-corrected chi connectivity index (χ2v) is 3.91. The van der Waals surface area contributed by atoms with Gasteiger partial charge in [-0.3, -0.25) is 9.78 Å². The van der Waals surface area contributed by atoms with E-state index in [0.29, 0.717) is 5.69 Å². The highest BCUT2D eigenvalue weighted by Gasteiger charge is 2.11. The number of rotatable bonds is 3. The smallest absolute Gasteiger partial charge is 0.171 e. The molecule has 2 rings (SSSR count). The van der Waals surface area contributed by atoms with Crippen LogP contribution >= 0.6 is 0 Å². The second kappa shape index (κ2) is 4.87. The van der Waals surface area contributed by atoms with Gasteiger partial charge in [0.1, 0.15) is 5.82 Å². The summed E-state index contributed by atoms with van der Waals surface area (Å²) in [6.07, 6.45) is 1.82. The van der Waals surface area contributed by atoms with Crippen molar-refractivity contribution in [3.05, 3.63) is 65.2 Å². The Morgan fingerprint density at radius 3 is 2.65 bits per heavy atom. The maximum atomic E-state index is 13.4. The van der Waals surface area contributed by atoms with Crippen molar-refractivity contribution in [2.75, 3.05) is 0 Å². The summed E-state index contributed by atoms with van der Waals surface area (Å²) in [5, 5.41) is 0. The van der Waals surface area contributed by atoms with Gasteiger partial charge in [-0.05, 0) is 30.7 Å². The zero-order valence-electron chi connectivity index (χ0n) is 9.48. The van der Waals surface area contributed by atoms with Crippen LogP contribution in [-0.4, -0.2) is 10.8 Å². The average molecular weight is 229 g/mol. The minimum Gasteiger partial charge on any atom is -0.294 e. The Kier molecular flexibility index (Phi) is 3.28. The van der Waals surface area contributed by atoms with Gasteiger partial charge in [-0.25, -0.2) is 4.39 Å². The molecule has 0 bridgehead atoms. The molecule has 0 fully saturated rings. The van der Waals surface area contributed by atoms with Gasteiger partial charge in [0.15, 0.2) is 5.78 Å². The van der Waals surface area contributed by atoms with E-state index in [0.717, 1.165) is 5.56 Å². The molecule has 1 aromatic heterocycles. The van der Waals surface area contributed by atoms with Crippen molar-refractivity contribution >= 4 is 5.78 Å². The molecule has 1 heterocycles. The van der Waals surface area contributed by atoms with Crippen molar-refractivity contribution in [2.45, 2.75) is 13.3 Å². The highest BCUT2D eigenvalue weighted by atomic mass is 19.1. The normalized spacial score (nSPS) is 10.2. The zero-order chi connectivity index (χ0) is 12.3. The van der Waals surface area contributed by atoms with Gasteiger partial charge in [0.2, 0.25) is 0 Å². The topological polar surface area (TPSA) is 30.0 Å². The Labute approximate surface area is 99.1 Å². The van der Waals surface area contributed by atoms with Gasteiger partial charge in [0.25, 0.3) is 0 Å². The van der Waals surface area contributed by atoms with Crippen LogP contribution < -0.4 is 0 Å². The van der Waals surface area contributed by atoms with E-state index in [-0.39, 0.29) is 17.8 Å². The number of pyridine rings is 1. The summed E-state index contributed by atoms with van der Waals surface area (Å²) in [7, 11) is 0. The molecule has 0 N–H and O–H groups in total. The quantitative estimate of drug-likeness (QED) is 0.757. The Balaban J connectivity index is 2.17. The molecule has 17 heavy (non-hydrogen) atoms. The molecule has 0 spiro atoms. The molecule has 0 saturated carbocycles. The fourth-order valence-corrected chi connectivity index (χ4v) is 1.55. The zero-order valence-corrected chi connectivity index (χ0v) is 9.48. The van der Waals surface area contributed by atoms with Gasteiger partial charge in [-0.1, -0.05) is 18.2 Å². The van der Waals surface area contributed by atoms with Crippen molar-refractivity contribution in [1.29, 1.82) is 0 Å². The molecule has 2 nitrogen and oxygen atoms in total. The van der Waals surface area contributed by atoms with E-state index in [2.05, 4.69) is 4.98 Å². The average Bonchev–Trinajstić information content (AvgIpc) is 2.32. The van der Waals surface area contributed by atoms with Crippen molar-refractivity contribution in [1.82, 2.24) is 4.98 Å². The summed E-state index contributed by atoms with van der Waals surface area (Å²) in [5.41, 5.74) is 1.81. The summed E-state index contributed by atoms with van der Waals surface area (Å²) in [4.78, 5) is 16.0. The molecule has 0 aliphatic rings. The summed E-state index contributed by atoms with van der Waals surface area (Å²) >= 11 is 0. The molecule has 1 aromatic carbocycles. The lowest BCUT2D eigenvalue weighted by atomic mass is 10.1. The van der Waals surface area contributed by atoms with Crippen LogP contribution in [-0.2, 0) is 6.42 Å². The molecule has 86 valence electrons. The van der Waals surface area contributed by atoms with Gasteiger partial charge < -0.3 is 0 Å². The third-order valence-electron chi connectivity index (χ3n) is 2.49. The number of carbonyl (C=O) groups excluding carboxylic acids is 1. The Bertz CT molecular complexity index is 534. The van der Waals surface area contributed by atoms with Crippen LogP contribution in [0, 0.1) is 12.7 Å². The number of nitrogens with zero attached hydrogens (tertiary/aromatic N) is 1. The molecule has 0 amide bonds. The fraction of sp³-hybridized carbons (Fsp3) is 0.143. The van der Waals surface area contributed by atoms with Crippen LogP contribution in [0.15, 0.2) is 42.6 Å². The number of aromatic nitrogens is 1. The van der Waals surface area contributed by atoms with Crippen molar-refractivity contribution in [3.63, 3.8) is 0 Å². The van der Waals surface area contributed by atoms with Crippen molar-refractivity contribution in [3.8, 4) is 0 Å². The van der Waals surface area contributed by atoms with Crippen molar-refractivity contribution < 1.29 is 9.18 Å². The number of hydrogen-bond donors (Lipinski definition) is 0. The Morgan fingerprint density at radius 1 is 1.24 bits per heavy atom. The fourth-order valence-electron chi connectivity index (χ4n) is 1.55. The molecule has 0 aliphatic heterocycles. The van der Waals surface area contributed by atoms with E-state index in [1.807, 2.05) is 13.0 Å². The largest absolute Gasteiger partial charge is 0.294 e. The maximum absolute atomic E-state index is 13.4. The first-order valence-electron chi connectivity index (χ1n) is 5.36. The molecule has 0 radical (unpaired) electrons. The summed E-state index contributed by atoms with van der Waals surface area (Å²) in [6, 6.07) is 9.67. The molecule has 2 aromatic rings. The minimum absolute atomic E-state index is 0.120. The standard InChI is InChI=1S/C14H12FNO/c1-10-6-7-11(16-9-10)8-14(17)12-4-2-3-5-13(12)15/h2-7,9H,8H2,1H3. The van der Waals surface area contributed by atoms with Gasteiger partial charge in [-0.2, -0.15) is 0 Å².